The first-order chi connectivity index (χ1) is 13.7. The number of aliphatic carboxylic acids is 2. The van der Waals surface area contributed by atoms with Crippen molar-refractivity contribution >= 4 is 29.5 Å². The van der Waals surface area contributed by atoms with Gasteiger partial charge in [-0.3, -0.25) is 19.8 Å². The fourth-order valence-electron chi connectivity index (χ4n) is 2.44. The zero-order valence-electron chi connectivity index (χ0n) is 15.1. The number of hydrogen-bond donors (Lipinski definition) is 4. The summed E-state index contributed by atoms with van der Waals surface area (Å²) in [7, 11) is 0. The summed E-state index contributed by atoms with van der Waals surface area (Å²) in [6, 6.07) is 8.61. The lowest BCUT2D eigenvalue weighted by Crippen LogP contribution is -2.22. The van der Waals surface area contributed by atoms with Crippen LogP contribution in [0.15, 0.2) is 40.8 Å². The molecule has 152 valence electrons. The topological polar surface area (TPSA) is 181 Å². The van der Waals surface area contributed by atoms with Gasteiger partial charge in [-0.25, -0.2) is 4.79 Å². The Morgan fingerprint density at radius 3 is 2.24 bits per heavy atom. The number of carbonyl (C=O) groups is 4. The molecule has 1 aromatic carbocycles. The Morgan fingerprint density at radius 2 is 1.69 bits per heavy atom. The molecule has 0 radical (unpaired) electrons. The number of nitrogens with two attached hydrogens (primary N) is 1. The number of carboxylic acids is 2. The third-order valence-electron chi connectivity index (χ3n) is 3.85. The molecule has 1 atom stereocenters. The van der Waals surface area contributed by atoms with E-state index in [-0.39, 0.29) is 29.5 Å². The zero-order valence-corrected chi connectivity index (χ0v) is 15.1. The van der Waals surface area contributed by atoms with Gasteiger partial charge in [-0.05, 0) is 36.4 Å². The molecule has 5 N–H and O–H groups in total. The zero-order chi connectivity index (χ0) is 21.6. The lowest BCUT2D eigenvalue weighted by Gasteiger charge is -2.08. The second-order valence-corrected chi connectivity index (χ2v) is 6.15. The van der Waals surface area contributed by atoms with Gasteiger partial charge < -0.3 is 25.1 Å². The molecule has 1 aromatic heterocycles. The Morgan fingerprint density at radius 1 is 1.03 bits per heavy atom. The van der Waals surface area contributed by atoms with E-state index in [1.807, 2.05) is 0 Å². The molecular weight excluding hydrogens is 384 g/mol. The van der Waals surface area contributed by atoms with Crippen molar-refractivity contribution in [2.75, 3.05) is 0 Å². The Hall–Kier alpha value is -3.95. The molecule has 2 rings (SSSR count). The highest BCUT2D eigenvalue weighted by molar-refractivity contribution is 5.95. The highest BCUT2D eigenvalue weighted by Gasteiger charge is 2.25. The molecule has 0 aliphatic rings. The maximum atomic E-state index is 12.1. The van der Waals surface area contributed by atoms with Gasteiger partial charge in [-0.2, -0.15) is 0 Å². The van der Waals surface area contributed by atoms with Crippen LogP contribution in [0.2, 0.25) is 0 Å². The number of nitrogen functional groups attached to an aromatic ring is 1. The first kappa shape index (κ1) is 21.4. The van der Waals surface area contributed by atoms with E-state index in [4.69, 9.17) is 30.5 Å². The van der Waals surface area contributed by atoms with E-state index >= 15 is 0 Å². The molecule has 0 aliphatic heterocycles. The van der Waals surface area contributed by atoms with Crippen LogP contribution in [0.3, 0.4) is 0 Å². The summed E-state index contributed by atoms with van der Waals surface area (Å²) in [4.78, 5) is 45.8. The molecule has 0 amide bonds. The second kappa shape index (κ2) is 9.31. The number of carboxylic acid groups (broad SMARTS) is 2. The molecule has 0 aliphatic carbocycles. The summed E-state index contributed by atoms with van der Waals surface area (Å²) in [5.41, 5.74) is 5.80. The highest BCUT2D eigenvalue weighted by Crippen LogP contribution is 2.17. The smallest absolute Gasteiger partial charge is 0.379 e. The van der Waals surface area contributed by atoms with Crippen molar-refractivity contribution < 1.29 is 38.5 Å². The Bertz CT molecular complexity index is 945. The van der Waals surface area contributed by atoms with Gasteiger partial charge in [-0.1, -0.05) is 0 Å². The van der Waals surface area contributed by atoms with Gasteiger partial charge in [0.2, 0.25) is 5.76 Å². The number of ether oxygens (including phenoxy) is 1. The molecule has 1 unspecified atom stereocenters. The fraction of sp³-hybridized carbons (Fsp3) is 0.211. The summed E-state index contributed by atoms with van der Waals surface area (Å²) in [5, 5.41) is 25.0. The standard InChI is InChI=1S/C19H18N2O8/c20-17(21)10-1-3-13(4-2-10)29-19(27)15-6-5-14(28-15)9-12(22)7-11(18(25)26)8-16(23)24/h1-6,11H,7-9H2,(H3,20,21)(H,23,24)(H,25,26). The van der Waals surface area contributed by atoms with Crippen LogP contribution in [0.25, 0.3) is 0 Å². The predicted molar refractivity (Wildman–Crippen MR) is 97.8 cm³/mol. The van der Waals surface area contributed by atoms with Crippen molar-refractivity contribution in [1.29, 1.82) is 5.41 Å². The average molecular weight is 402 g/mol. The second-order valence-electron chi connectivity index (χ2n) is 6.15. The van der Waals surface area contributed by atoms with E-state index in [0.29, 0.717) is 5.56 Å². The third kappa shape index (κ3) is 6.31. The van der Waals surface area contributed by atoms with Crippen LogP contribution in [-0.2, 0) is 20.8 Å². The molecule has 0 saturated carbocycles. The summed E-state index contributed by atoms with van der Waals surface area (Å²) in [6.45, 7) is 0. The van der Waals surface area contributed by atoms with Gasteiger partial charge in [0.15, 0.2) is 0 Å². The molecule has 29 heavy (non-hydrogen) atoms. The number of rotatable bonds is 10. The van der Waals surface area contributed by atoms with Crippen molar-refractivity contribution in [2.24, 2.45) is 11.7 Å². The first-order valence-electron chi connectivity index (χ1n) is 8.37. The van der Waals surface area contributed by atoms with Crippen LogP contribution in [0.5, 0.6) is 5.75 Å². The van der Waals surface area contributed by atoms with Crippen LogP contribution < -0.4 is 10.5 Å². The van der Waals surface area contributed by atoms with Crippen LogP contribution >= 0.6 is 0 Å². The Balaban J connectivity index is 1.96. The monoisotopic (exact) mass is 402 g/mol. The van der Waals surface area contributed by atoms with Crippen LogP contribution in [-0.4, -0.2) is 39.7 Å². The minimum atomic E-state index is -1.37. The van der Waals surface area contributed by atoms with Gasteiger partial charge in [0.25, 0.3) is 0 Å². The number of ketones is 1. The highest BCUT2D eigenvalue weighted by atomic mass is 16.5. The van der Waals surface area contributed by atoms with Gasteiger partial charge in [0, 0.05) is 12.0 Å². The van der Waals surface area contributed by atoms with Crippen LogP contribution in [0.4, 0.5) is 0 Å². The van der Waals surface area contributed by atoms with Crippen molar-refractivity contribution in [3.8, 4) is 5.75 Å². The fourth-order valence-corrected chi connectivity index (χ4v) is 2.44. The number of nitrogens with one attached hydrogen (secondary N) is 1. The number of hydrogen-bond acceptors (Lipinski definition) is 7. The van der Waals surface area contributed by atoms with E-state index in [9.17, 15) is 19.2 Å². The molecular formula is C19H18N2O8. The minimum absolute atomic E-state index is 0.119. The summed E-state index contributed by atoms with van der Waals surface area (Å²) in [5.74, 6) is -5.34. The Kier molecular flexibility index (Phi) is 6.85. The molecule has 10 heteroatoms. The number of carbonyl (C=O) groups excluding carboxylic acids is 2. The number of benzene rings is 1. The minimum Gasteiger partial charge on any atom is -0.481 e. The number of Topliss-reactive ketones (excluding diaryl/α,β-unsaturated/α-hetero) is 1. The van der Waals surface area contributed by atoms with Gasteiger partial charge >= 0.3 is 17.9 Å². The van der Waals surface area contributed by atoms with Crippen molar-refractivity contribution in [1.82, 2.24) is 0 Å². The van der Waals surface area contributed by atoms with E-state index in [2.05, 4.69) is 0 Å². The first-order valence-corrected chi connectivity index (χ1v) is 8.37. The molecule has 0 fully saturated rings. The summed E-state index contributed by atoms with van der Waals surface area (Å²) >= 11 is 0. The van der Waals surface area contributed by atoms with Gasteiger partial charge in [0.05, 0.1) is 18.8 Å². The molecule has 0 spiro atoms. The molecule has 2 aromatic rings. The number of esters is 1. The molecule has 1 heterocycles. The van der Waals surface area contributed by atoms with E-state index in [1.54, 1.807) is 0 Å². The van der Waals surface area contributed by atoms with Crippen molar-refractivity contribution in [3.63, 3.8) is 0 Å². The van der Waals surface area contributed by atoms with Crippen LogP contribution in [0.1, 0.15) is 34.7 Å². The Labute approximate surface area is 164 Å². The predicted octanol–water partition coefficient (Wildman–Crippen LogP) is 1.46. The molecule has 0 bridgehead atoms. The lowest BCUT2D eigenvalue weighted by atomic mass is 9.97. The normalized spacial score (nSPS) is 11.4. The maximum Gasteiger partial charge on any atom is 0.379 e. The van der Waals surface area contributed by atoms with E-state index in [1.165, 1.54) is 36.4 Å². The van der Waals surface area contributed by atoms with Gasteiger partial charge in [0.1, 0.15) is 23.1 Å². The quantitative estimate of drug-likeness (QED) is 0.198. The number of amidine groups is 1. The maximum absolute atomic E-state index is 12.1. The largest absolute Gasteiger partial charge is 0.481 e. The van der Waals surface area contributed by atoms with Crippen molar-refractivity contribution in [3.05, 3.63) is 53.5 Å². The molecule has 10 nitrogen and oxygen atoms in total. The van der Waals surface area contributed by atoms with E-state index < -0.39 is 42.5 Å². The van der Waals surface area contributed by atoms with Crippen LogP contribution in [0, 0.1) is 11.3 Å². The van der Waals surface area contributed by atoms with Crippen molar-refractivity contribution in [2.45, 2.75) is 19.3 Å². The average Bonchev–Trinajstić information content (AvgIpc) is 3.09. The number of furan rings is 1. The SMILES string of the molecule is N=C(N)c1ccc(OC(=O)c2ccc(CC(=O)CC(CC(=O)O)C(=O)O)o2)cc1. The third-order valence-corrected chi connectivity index (χ3v) is 3.85. The summed E-state index contributed by atoms with van der Waals surface area (Å²) in [6.07, 6.45) is -1.42. The lowest BCUT2D eigenvalue weighted by molar-refractivity contribution is -0.149. The van der Waals surface area contributed by atoms with Gasteiger partial charge in [-0.15, -0.1) is 0 Å². The van der Waals surface area contributed by atoms with E-state index in [0.717, 1.165) is 0 Å². The molecule has 0 saturated heterocycles. The summed E-state index contributed by atoms with van der Waals surface area (Å²) < 4.78 is 10.4.